The second-order valence-corrected chi connectivity index (χ2v) is 5.52. The Morgan fingerprint density at radius 1 is 1.23 bits per heavy atom. The largest absolute Gasteiger partial charge is 0.384 e. The van der Waals surface area contributed by atoms with Crippen LogP contribution in [0, 0.1) is 25.1 Å². The molecular formula is C17H17FN4. The van der Waals surface area contributed by atoms with Gasteiger partial charge in [0, 0.05) is 11.1 Å². The van der Waals surface area contributed by atoms with Crippen molar-refractivity contribution >= 4 is 16.9 Å². The van der Waals surface area contributed by atoms with Gasteiger partial charge in [0.2, 0.25) is 0 Å². The van der Waals surface area contributed by atoms with Gasteiger partial charge in [0.15, 0.2) is 0 Å². The molecule has 1 heterocycles. The molecule has 5 heteroatoms. The van der Waals surface area contributed by atoms with Gasteiger partial charge in [-0.25, -0.2) is 9.37 Å². The molecule has 112 valence electrons. The van der Waals surface area contributed by atoms with Gasteiger partial charge in [0.1, 0.15) is 11.7 Å². The van der Waals surface area contributed by atoms with E-state index >= 15 is 0 Å². The molecule has 3 N–H and O–H groups in total. The van der Waals surface area contributed by atoms with Crippen LogP contribution in [0.5, 0.6) is 0 Å². The van der Waals surface area contributed by atoms with Crippen LogP contribution in [0.2, 0.25) is 0 Å². The van der Waals surface area contributed by atoms with E-state index in [4.69, 9.17) is 11.1 Å². The van der Waals surface area contributed by atoms with Crippen LogP contribution in [-0.2, 0) is 6.54 Å². The Kier molecular flexibility index (Phi) is 3.41. The topological polar surface area (TPSA) is 67.7 Å². The molecule has 0 amide bonds. The maximum absolute atomic E-state index is 14.2. The van der Waals surface area contributed by atoms with Gasteiger partial charge in [-0.05, 0) is 43.2 Å². The zero-order valence-corrected chi connectivity index (χ0v) is 12.5. The Hall–Kier alpha value is -2.69. The van der Waals surface area contributed by atoms with E-state index in [0.717, 1.165) is 11.0 Å². The molecule has 3 aromatic rings. The molecule has 4 nitrogen and oxygen atoms in total. The number of fused-ring (bicyclic) bond motifs is 1. The van der Waals surface area contributed by atoms with Crippen LogP contribution in [0.4, 0.5) is 4.39 Å². The highest BCUT2D eigenvalue weighted by molar-refractivity contribution is 5.94. The molecule has 22 heavy (non-hydrogen) atoms. The number of rotatable bonds is 3. The number of halogens is 1. The monoisotopic (exact) mass is 296 g/mol. The van der Waals surface area contributed by atoms with E-state index in [2.05, 4.69) is 11.1 Å². The third-order valence-electron chi connectivity index (χ3n) is 3.94. The van der Waals surface area contributed by atoms with E-state index < -0.39 is 0 Å². The number of nitrogen functional groups attached to an aromatic ring is 1. The summed E-state index contributed by atoms with van der Waals surface area (Å²) in [6.07, 6.45) is 1.72. The van der Waals surface area contributed by atoms with Crippen LogP contribution < -0.4 is 5.73 Å². The van der Waals surface area contributed by atoms with Crippen molar-refractivity contribution in [3.05, 3.63) is 64.7 Å². The van der Waals surface area contributed by atoms with Crippen LogP contribution in [-0.4, -0.2) is 15.4 Å². The highest BCUT2D eigenvalue weighted by Crippen LogP contribution is 2.20. The molecule has 0 aliphatic carbocycles. The lowest BCUT2D eigenvalue weighted by molar-refractivity contribution is 0.601. The fourth-order valence-electron chi connectivity index (χ4n) is 2.47. The molecule has 0 atom stereocenters. The van der Waals surface area contributed by atoms with Gasteiger partial charge in [-0.1, -0.05) is 12.1 Å². The van der Waals surface area contributed by atoms with Crippen molar-refractivity contribution in [2.24, 2.45) is 5.73 Å². The van der Waals surface area contributed by atoms with Crippen molar-refractivity contribution in [3.63, 3.8) is 0 Å². The number of nitrogens with two attached hydrogens (primary N) is 1. The lowest BCUT2D eigenvalue weighted by Crippen LogP contribution is -2.12. The first-order valence-corrected chi connectivity index (χ1v) is 7.00. The van der Waals surface area contributed by atoms with Crippen molar-refractivity contribution < 1.29 is 4.39 Å². The van der Waals surface area contributed by atoms with Crippen LogP contribution in [0.25, 0.3) is 11.0 Å². The average Bonchev–Trinajstić information content (AvgIpc) is 2.84. The van der Waals surface area contributed by atoms with Crippen molar-refractivity contribution in [1.82, 2.24) is 9.55 Å². The fraction of sp³-hybridized carbons (Fsp3) is 0.176. The minimum atomic E-state index is -0.363. The number of benzene rings is 2. The maximum Gasteiger partial charge on any atom is 0.128 e. The Labute approximate surface area is 127 Å². The zero-order chi connectivity index (χ0) is 15.9. The molecule has 0 saturated heterocycles. The van der Waals surface area contributed by atoms with Crippen molar-refractivity contribution in [2.75, 3.05) is 0 Å². The van der Waals surface area contributed by atoms with Gasteiger partial charge < -0.3 is 10.3 Å². The highest BCUT2D eigenvalue weighted by Gasteiger charge is 2.09. The molecule has 0 radical (unpaired) electrons. The first-order chi connectivity index (χ1) is 10.5. The number of aromatic nitrogens is 2. The SMILES string of the molecule is Cc1cc2ncn(Cc3ccc(C(=N)N)cc3F)c2cc1C. The number of hydrogen-bond donors (Lipinski definition) is 2. The predicted octanol–water partition coefficient (Wildman–Crippen LogP) is 3.12. The van der Waals surface area contributed by atoms with E-state index in [0.29, 0.717) is 17.7 Å². The third kappa shape index (κ3) is 2.45. The number of amidine groups is 1. The minimum Gasteiger partial charge on any atom is -0.384 e. The first-order valence-electron chi connectivity index (χ1n) is 7.00. The van der Waals surface area contributed by atoms with Crippen LogP contribution in [0.3, 0.4) is 0 Å². The Bertz CT molecular complexity index is 880. The average molecular weight is 296 g/mol. The summed E-state index contributed by atoms with van der Waals surface area (Å²) >= 11 is 0. The number of imidazole rings is 1. The minimum absolute atomic E-state index is 0.135. The number of hydrogen-bond acceptors (Lipinski definition) is 2. The summed E-state index contributed by atoms with van der Waals surface area (Å²) in [4.78, 5) is 4.38. The zero-order valence-electron chi connectivity index (χ0n) is 12.5. The second-order valence-electron chi connectivity index (χ2n) is 5.52. The summed E-state index contributed by atoms with van der Waals surface area (Å²) in [6.45, 7) is 4.49. The summed E-state index contributed by atoms with van der Waals surface area (Å²) in [5.74, 6) is -0.497. The van der Waals surface area contributed by atoms with E-state index in [1.807, 2.05) is 24.5 Å². The lowest BCUT2D eigenvalue weighted by Gasteiger charge is -2.08. The molecule has 0 fully saturated rings. The molecule has 0 bridgehead atoms. The van der Waals surface area contributed by atoms with E-state index in [-0.39, 0.29) is 11.7 Å². The lowest BCUT2D eigenvalue weighted by atomic mass is 10.1. The van der Waals surface area contributed by atoms with Crippen molar-refractivity contribution in [2.45, 2.75) is 20.4 Å². The third-order valence-corrected chi connectivity index (χ3v) is 3.94. The molecule has 3 rings (SSSR count). The summed E-state index contributed by atoms with van der Waals surface area (Å²) in [7, 11) is 0. The Morgan fingerprint density at radius 2 is 1.95 bits per heavy atom. The molecule has 0 aliphatic rings. The van der Waals surface area contributed by atoms with Crippen LogP contribution in [0.15, 0.2) is 36.7 Å². The van der Waals surface area contributed by atoms with E-state index in [9.17, 15) is 4.39 Å². The normalized spacial score (nSPS) is 11.0. The van der Waals surface area contributed by atoms with Crippen molar-refractivity contribution in [3.8, 4) is 0 Å². The summed E-state index contributed by atoms with van der Waals surface area (Å²) in [5.41, 5.74) is 10.6. The van der Waals surface area contributed by atoms with E-state index in [1.54, 1.807) is 18.5 Å². The Morgan fingerprint density at radius 3 is 2.64 bits per heavy atom. The Balaban J connectivity index is 2.00. The second kappa shape index (κ2) is 5.26. The number of nitrogens with one attached hydrogen (secondary N) is 1. The smallest absolute Gasteiger partial charge is 0.128 e. The quantitative estimate of drug-likeness (QED) is 0.576. The molecule has 0 aliphatic heterocycles. The number of aryl methyl sites for hydroxylation is 2. The van der Waals surface area contributed by atoms with Gasteiger partial charge >= 0.3 is 0 Å². The van der Waals surface area contributed by atoms with Gasteiger partial charge in [-0.3, -0.25) is 5.41 Å². The standard InChI is InChI=1S/C17H17FN4/c1-10-5-15-16(6-11(10)2)22(9-21-15)8-13-4-3-12(17(19)20)7-14(13)18/h3-7,9H,8H2,1-2H3,(H3,19,20). The van der Waals surface area contributed by atoms with Gasteiger partial charge in [0.05, 0.1) is 23.9 Å². The molecule has 0 spiro atoms. The van der Waals surface area contributed by atoms with Gasteiger partial charge in [-0.2, -0.15) is 0 Å². The predicted molar refractivity (Wildman–Crippen MR) is 85.7 cm³/mol. The molecule has 0 unspecified atom stereocenters. The van der Waals surface area contributed by atoms with Crippen molar-refractivity contribution in [1.29, 1.82) is 5.41 Å². The summed E-state index contributed by atoms with van der Waals surface area (Å²) < 4.78 is 16.1. The molecule has 1 aromatic heterocycles. The first kappa shape index (κ1) is 14.3. The molecule has 0 saturated carbocycles. The van der Waals surface area contributed by atoms with E-state index in [1.165, 1.54) is 17.2 Å². The molecule has 2 aromatic carbocycles. The fourth-order valence-corrected chi connectivity index (χ4v) is 2.47. The highest BCUT2D eigenvalue weighted by atomic mass is 19.1. The number of nitrogens with zero attached hydrogens (tertiary/aromatic N) is 2. The summed E-state index contributed by atoms with van der Waals surface area (Å²) in [5, 5.41) is 7.35. The summed E-state index contributed by atoms with van der Waals surface area (Å²) in [6, 6.07) is 8.73. The van der Waals surface area contributed by atoms with Crippen LogP contribution >= 0.6 is 0 Å². The van der Waals surface area contributed by atoms with Crippen LogP contribution in [0.1, 0.15) is 22.3 Å². The van der Waals surface area contributed by atoms with Gasteiger partial charge in [0.25, 0.3) is 0 Å². The maximum atomic E-state index is 14.2. The van der Waals surface area contributed by atoms with Gasteiger partial charge in [-0.15, -0.1) is 0 Å². The molecular weight excluding hydrogens is 279 g/mol.